The molecule has 3 aromatic rings. The van der Waals surface area contributed by atoms with Gasteiger partial charge in [-0.3, -0.25) is 4.79 Å². The maximum absolute atomic E-state index is 12.5. The molecule has 0 radical (unpaired) electrons. The van der Waals surface area contributed by atoms with Crippen LogP contribution in [0.1, 0.15) is 40.7 Å². The minimum atomic E-state index is -0.253. The second kappa shape index (κ2) is 7.39. The molecule has 2 aromatic carbocycles. The van der Waals surface area contributed by atoms with E-state index in [1.54, 1.807) is 6.07 Å². The molecule has 5 heteroatoms. The van der Waals surface area contributed by atoms with Crippen molar-refractivity contribution in [3.05, 3.63) is 69.6 Å². The summed E-state index contributed by atoms with van der Waals surface area (Å²) in [5.41, 5.74) is 3.97. The zero-order valence-electron chi connectivity index (χ0n) is 16.3. The van der Waals surface area contributed by atoms with Gasteiger partial charge in [0, 0.05) is 41.4 Å². The monoisotopic (exact) mass is 389 g/mol. The predicted octanol–water partition coefficient (Wildman–Crippen LogP) is 4.14. The first kappa shape index (κ1) is 18.0. The molecule has 148 valence electrons. The Labute approximate surface area is 168 Å². The molecule has 0 saturated carbocycles. The summed E-state index contributed by atoms with van der Waals surface area (Å²) < 4.78 is 11.2. The third kappa shape index (κ3) is 3.41. The Morgan fingerprint density at radius 1 is 0.966 bits per heavy atom. The largest absolute Gasteiger partial charge is 0.485 e. The van der Waals surface area contributed by atoms with E-state index in [-0.39, 0.29) is 18.0 Å². The van der Waals surface area contributed by atoms with Crippen LogP contribution in [0.2, 0.25) is 0 Å². The Morgan fingerprint density at radius 3 is 2.52 bits per heavy atom. The summed E-state index contributed by atoms with van der Waals surface area (Å²) in [4.78, 5) is 27.0. The van der Waals surface area contributed by atoms with Crippen molar-refractivity contribution in [1.29, 1.82) is 0 Å². The summed E-state index contributed by atoms with van der Waals surface area (Å²) in [6.45, 7) is 2.11. The number of hydrogen-bond acceptors (Lipinski definition) is 5. The molecule has 5 nitrogen and oxygen atoms in total. The lowest BCUT2D eigenvalue weighted by molar-refractivity contribution is 0.0921. The topological polar surface area (TPSA) is 59.8 Å². The van der Waals surface area contributed by atoms with E-state index in [0.29, 0.717) is 16.9 Å². The van der Waals surface area contributed by atoms with Crippen LogP contribution in [-0.2, 0) is 12.8 Å². The first-order valence-corrected chi connectivity index (χ1v) is 10.3. The van der Waals surface area contributed by atoms with Gasteiger partial charge in [0.15, 0.2) is 12.4 Å². The molecule has 5 rings (SSSR count). The van der Waals surface area contributed by atoms with Crippen molar-refractivity contribution in [2.24, 2.45) is 0 Å². The third-order valence-corrected chi connectivity index (χ3v) is 5.98. The fraction of sp³-hybridized carbons (Fsp3) is 0.333. The summed E-state index contributed by atoms with van der Waals surface area (Å²) >= 11 is 0. The van der Waals surface area contributed by atoms with Gasteiger partial charge in [0.1, 0.15) is 11.3 Å². The number of fused-ring (bicyclic) bond motifs is 3. The summed E-state index contributed by atoms with van der Waals surface area (Å²) in [6.07, 6.45) is 5.13. The van der Waals surface area contributed by atoms with Crippen molar-refractivity contribution < 1.29 is 13.9 Å². The van der Waals surface area contributed by atoms with Crippen LogP contribution in [-0.4, -0.2) is 25.5 Å². The molecule has 2 aliphatic rings. The van der Waals surface area contributed by atoms with E-state index < -0.39 is 0 Å². The van der Waals surface area contributed by atoms with Crippen LogP contribution in [0.3, 0.4) is 0 Å². The maximum atomic E-state index is 12.5. The Morgan fingerprint density at radius 2 is 1.72 bits per heavy atom. The summed E-state index contributed by atoms with van der Waals surface area (Å²) in [5.74, 6) is 0.453. The van der Waals surface area contributed by atoms with Crippen LogP contribution in [0.15, 0.2) is 51.7 Å². The van der Waals surface area contributed by atoms with Gasteiger partial charge in [0.05, 0.1) is 0 Å². The fourth-order valence-electron chi connectivity index (χ4n) is 4.42. The molecule has 0 spiro atoms. The van der Waals surface area contributed by atoms with Crippen molar-refractivity contribution in [2.45, 2.75) is 32.1 Å². The van der Waals surface area contributed by atoms with Gasteiger partial charge in [-0.15, -0.1) is 0 Å². The molecule has 0 amide bonds. The Bertz CT molecular complexity index is 1120. The lowest BCUT2D eigenvalue weighted by Crippen LogP contribution is -2.18. The van der Waals surface area contributed by atoms with E-state index in [9.17, 15) is 9.59 Å². The zero-order chi connectivity index (χ0) is 19.8. The normalized spacial score (nSPS) is 15.7. The quantitative estimate of drug-likeness (QED) is 0.485. The van der Waals surface area contributed by atoms with Gasteiger partial charge >= 0.3 is 5.63 Å². The summed E-state index contributed by atoms with van der Waals surface area (Å²) in [5, 5.41) is 0.966. The Hall–Kier alpha value is -3.08. The smallest absolute Gasteiger partial charge is 0.339 e. The fourth-order valence-corrected chi connectivity index (χ4v) is 4.42. The highest BCUT2D eigenvalue weighted by molar-refractivity contribution is 5.97. The average molecular weight is 389 g/mol. The van der Waals surface area contributed by atoms with E-state index in [0.717, 1.165) is 54.6 Å². The molecule has 0 unspecified atom stereocenters. The molecule has 0 atom stereocenters. The molecule has 1 aromatic heterocycles. The van der Waals surface area contributed by atoms with E-state index in [2.05, 4.69) is 4.90 Å². The molecular weight excluding hydrogens is 366 g/mol. The highest BCUT2D eigenvalue weighted by Crippen LogP contribution is 2.29. The number of anilines is 1. The van der Waals surface area contributed by atoms with Crippen LogP contribution in [0.5, 0.6) is 5.75 Å². The molecule has 29 heavy (non-hydrogen) atoms. The number of nitrogens with zero attached hydrogens (tertiary/aromatic N) is 1. The van der Waals surface area contributed by atoms with E-state index in [4.69, 9.17) is 9.15 Å². The van der Waals surface area contributed by atoms with Crippen molar-refractivity contribution in [3.8, 4) is 5.75 Å². The molecule has 1 saturated heterocycles. The molecule has 1 aliphatic carbocycles. The van der Waals surface area contributed by atoms with Crippen LogP contribution in [0.25, 0.3) is 11.0 Å². The van der Waals surface area contributed by atoms with Crippen LogP contribution >= 0.6 is 0 Å². The molecule has 0 N–H and O–H groups in total. The molecular formula is C24H23NO4. The lowest BCUT2D eigenvalue weighted by atomic mass is 10.1. The first-order chi connectivity index (χ1) is 14.2. The number of Topliss-reactive ketones (excluding diaryl/α,β-unsaturated/α-hetero) is 1. The van der Waals surface area contributed by atoms with Gasteiger partial charge < -0.3 is 14.1 Å². The molecule has 0 bridgehead atoms. The highest BCUT2D eigenvalue weighted by atomic mass is 16.5. The highest BCUT2D eigenvalue weighted by Gasteiger charge is 2.20. The lowest BCUT2D eigenvalue weighted by Gasteiger charge is -2.17. The number of benzene rings is 2. The molecule has 2 heterocycles. The van der Waals surface area contributed by atoms with Gasteiger partial charge in [0.25, 0.3) is 0 Å². The van der Waals surface area contributed by atoms with Gasteiger partial charge in [-0.05, 0) is 74.1 Å². The summed E-state index contributed by atoms with van der Waals surface area (Å²) in [7, 11) is 0. The number of hydrogen-bond donors (Lipinski definition) is 0. The molecule has 1 fully saturated rings. The van der Waals surface area contributed by atoms with Gasteiger partial charge in [-0.2, -0.15) is 0 Å². The Balaban J connectivity index is 1.29. The second-order valence-corrected chi connectivity index (χ2v) is 7.81. The number of ether oxygens (including phenoxy) is 1. The zero-order valence-corrected chi connectivity index (χ0v) is 16.3. The standard InChI is InChI=1S/C24H23NO4/c26-22(16-6-8-17(9-7-16)25-12-1-2-13-25)15-28-18-10-11-20-19-4-3-5-21(19)24(27)29-23(20)14-18/h6-11,14H,1-5,12-13,15H2. The van der Waals surface area contributed by atoms with Crippen molar-refractivity contribution in [1.82, 2.24) is 0 Å². The first-order valence-electron chi connectivity index (χ1n) is 10.3. The number of ketones is 1. The Kier molecular flexibility index (Phi) is 4.58. The van der Waals surface area contributed by atoms with Crippen molar-refractivity contribution in [3.63, 3.8) is 0 Å². The van der Waals surface area contributed by atoms with Crippen molar-refractivity contribution >= 4 is 22.4 Å². The molecule has 1 aliphatic heterocycles. The van der Waals surface area contributed by atoms with E-state index >= 15 is 0 Å². The average Bonchev–Trinajstić information content (AvgIpc) is 3.44. The third-order valence-electron chi connectivity index (χ3n) is 5.98. The minimum Gasteiger partial charge on any atom is -0.485 e. The second-order valence-electron chi connectivity index (χ2n) is 7.81. The number of aryl methyl sites for hydroxylation is 1. The number of carbonyl (C=O) groups excluding carboxylic acids is 1. The van der Waals surface area contributed by atoms with Crippen LogP contribution in [0, 0.1) is 0 Å². The van der Waals surface area contributed by atoms with E-state index in [1.165, 1.54) is 12.8 Å². The van der Waals surface area contributed by atoms with Gasteiger partial charge in [0.2, 0.25) is 0 Å². The predicted molar refractivity (Wildman–Crippen MR) is 112 cm³/mol. The van der Waals surface area contributed by atoms with Crippen LogP contribution in [0.4, 0.5) is 5.69 Å². The van der Waals surface area contributed by atoms with E-state index in [1.807, 2.05) is 36.4 Å². The number of rotatable bonds is 5. The SMILES string of the molecule is O=C(COc1ccc2c3c(c(=O)oc2c1)CCC3)c1ccc(N2CCCC2)cc1. The minimum absolute atomic E-state index is 0.0518. The van der Waals surface area contributed by atoms with Crippen LogP contribution < -0.4 is 15.3 Å². The number of carbonyl (C=O) groups is 1. The van der Waals surface area contributed by atoms with Crippen molar-refractivity contribution in [2.75, 3.05) is 24.6 Å². The van der Waals surface area contributed by atoms with Gasteiger partial charge in [-0.25, -0.2) is 4.79 Å². The summed E-state index contributed by atoms with van der Waals surface area (Å²) in [6, 6.07) is 13.2. The van der Waals surface area contributed by atoms with Gasteiger partial charge in [-0.1, -0.05) is 0 Å². The maximum Gasteiger partial charge on any atom is 0.339 e.